The summed E-state index contributed by atoms with van der Waals surface area (Å²) in [7, 11) is 0. The summed E-state index contributed by atoms with van der Waals surface area (Å²) in [5.74, 6) is -3.42. The third-order valence-electron chi connectivity index (χ3n) is 2.57. The molecule has 6 heteroatoms. The van der Waals surface area contributed by atoms with Crippen molar-refractivity contribution >= 4 is 0 Å². The molecule has 0 saturated carbocycles. The van der Waals surface area contributed by atoms with Gasteiger partial charge in [0, 0.05) is 0 Å². The smallest absolute Gasteiger partial charge is 0.316 e. The average molecular weight is 228 g/mol. The van der Waals surface area contributed by atoms with Crippen molar-refractivity contribution in [2.24, 2.45) is 5.92 Å². The predicted octanol–water partition coefficient (Wildman–Crippen LogP) is 1.48. The zero-order valence-electron chi connectivity index (χ0n) is 8.41. The third-order valence-corrected chi connectivity index (χ3v) is 2.57. The molecule has 0 aromatic heterocycles. The number of hydrogen-bond acceptors (Lipinski definition) is 2. The van der Waals surface area contributed by atoms with E-state index in [0.717, 1.165) is 25.9 Å². The molecule has 1 saturated heterocycles. The van der Waals surface area contributed by atoms with E-state index in [9.17, 15) is 17.6 Å². The summed E-state index contributed by atoms with van der Waals surface area (Å²) in [6.07, 6.45) is -1.79. The van der Waals surface area contributed by atoms with Gasteiger partial charge in [-0.05, 0) is 38.4 Å². The van der Waals surface area contributed by atoms with Gasteiger partial charge < -0.3 is 10.6 Å². The van der Waals surface area contributed by atoms with Gasteiger partial charge in [0.25, 0.3) is 0 Å². The second-order valence-electron chi connectivity index (χ2n) is 3.89. The monoisotopic (exact) mass is 228 g/mol. The van der Waals surface area contributed by atoms with Gasteiger partial charge >= 0.3 is 12.3 Å². The Hall–Kier alpha value is -0.360. The Morgan fingerprint density at radius 1 is 1.40 bits per heavy atom. The van der Waals surface area contributed by atoms with E-state index in [2.05, 4.69) is 10.6 Å². The standard InChI is InChI=1S/C9H16F4N2/c10-8(11)9(12,13)6-15-4-2-7-1-3-14-5-7/h7-8,14-15H,1-6H2. The maximum Gasteiger partial charge on any atom is 0.319 e. The molecule has 1 unspecified atom stereocenters. The van der Waals surface area contributed by atoms with E-state index in [4.69, 9.17) is 0 Å². The number of nitrogens with one attached hydrogen (secondary N) is 2. The van der Waals surface area contributed by atoms with Crippen LogP contribution in [0, 0.1) is 5.92 Å². The maximum absolute atomic E-state index is 12.4. The largest absolute Gasteiger partial charge is 0.319 e. The minimum Gasteiger partial charge on any atom is -0.316 e. The van der Waals surface area contributed by atoms with Crippen LogP contribution in [-0.2, 0) is 0 Å². The van der Waals surface area contributed by atoms with E-state index in [1.807, 2.05) is 0 Å². The first-order valence-corrected chi connectivity index (χ1v) is 5.10. The second kappa shape index (κ2) is 5.65. The first-order valence-electron chi connectivity index (χ1n) is 5.10. The molecule has 1 aliphatic rings. The molecule has 0 radical (unpaired) electrons. The number of hydrogen-bond donors (Lipinski definition) is 2. The Kier molecular flexibility index (Phi) is 4.79. The molecule has 2 nitrogen and oxygen atoms in total. The van der Waals surface area contributed by atoms with Gasteiger partial charge in [-0.2, -0.15) is 8.78 Å². The normalized spacial score (nSPS) is 22.6. The second-order valence-corrected chi connectivity index (χ2v) is 3.89. The van der Waals surface area contributed by atoms with Crippen molar-refractivity contribution in [1.82, 2.24) is 10.6 Å². The highest BCUT2D eigenvalue weighted by molar-refractivity contribution is 4.75. The van der Waals surface area contributed by atoms with E-state index in [-0.39, 0.29) is 0 Å². The third kappa shape index (κ3) is 4.34. The molecule has 0 spiro atoms. The van der Waals surface area contributed by atoms with Gasteiger partial charge in [0.2, 0.25) is 0 Å². The Morgan fingerprint density at radius 2 is 2.13 bits per heavy atom. The van der Waals surface area contributed by atoms with Gasteiger partial charge in [-0.3, -0.25) is 0 Å². The summed E-state index contributed by atoms with van der Waals surface area (Å²) in [6, 6.07) is 0. The molecule has 90 valence electrons. The molecule has 1 aliphatic heterocycles. The molecular weight excluding hydrogens is 212 g/mol. The maximum atomic E-state index is 12.4. The minimum atomic E-state index is -3.91. The average Bonchev–Trinajstić information content (AvgIpc) is 2.64. The van der Waals surface area contributed by atoms with Crippen molar-refractivity contribution in [1.29, 1.82) is 0 Å². The van der Waals surface area contributed by atoms with Crippen molar-refractivity contribution in [3.8, 4) is 0 Å². The van der Waals surface area contributed by atoms with Crippen LogP contribution in [0.2, 0.25) is 0 Å². The van der Waals surface area contributed by atoms with Gasteiger partial charge in [0.05, 0.1) is 6.54 Å². The Balaban J connectivity index is 2.05. The summed E-state index contributed by atoms with van der Waals surface area (Å²) in [6.45, 7) is 1.28. The van der Waals surface area contributed by atoms with Crippen LogP contribution in [0.1, 0.15) is 12.8 Å². The van der Waals surface area contributed by atoms with Crippen LogP contribution in [0.4, 0.5) is 17.6 Å². The van der Waals surface area contributed by atoms with Crippen LogP contribution >= 0.6 is 0 Å². The fraction of sp³-hybridized carbons (Fsp3) is 1.00. The molecule has 1 rings (SSSR count). The highest BCUT2D eigenvalue weighted by Gasteiger charge is 2.39. The van der Waals surface area contributed by atoms with E-state index >= 15 is 0 Å². The number of halogens is 4. The fourth-order valence-corrected chi connectivity index (χ4v) is 1.60. The van der Waals surface area contributed by atoms with E-state index in [1.165, 1.54) is 0 Å². The van der Waals surface area contributed by atoms with E-state index in [0.29, 0.717) is 12.5 Å². The minimum absolute atomic E-state index is 0.370. The summed E-state index contributed by atoms with van der Waals surface area (Å²) in [5.41, 5.74) is 0. The highest BCUT2D eigenvalue weighted by Crippen LogP contribution is 2.21. The van der Waals surface area contributed by atoms with Crippen molar-refractivity contribution in [3.05, 3.63) is 0 Å². The molecule has 1 heterocycles. The lowest BCUT2D eigenvalue weighted by Gasteiger charge is -2.16. The molecule has 0 amide bonds. The van der Waals surface area contributed by atoms with Gasteiger partial charge in [-0.15, -0.1) is 0 Å². The molecule has 15 heavy (non-hydrogen) atoms. The number of alkyl halides is 4. The van der Waals surface area contributed by atoms with Crippen molar-refractivity contribution in [2.75, 3.05) is 26.2 Å². The van der Waals surface area contributed by atoms with Crippen LogP contribution in [0.5, 0.6) is 0 Å². The first kappa shape index (κ1) is 12.7. The molecule has 2 N–H and O–H groups in total. The van der Waals surface area contributed by atoms with Crippen LogP contribution in [0.3, 0.4) is 0 Å². The molecular formula is C9H16F4N2. The quantitative estimate of drug-likeness (QED) is 0.531. The van der Waals surface area contributed by atoms with Crippen LogP contribution in [0.25, 0.3) is 0 Å². The van der Waals surface area contributed by atoms with Gasteiger partial charge in [-0.25, -0.2) is 8.78 Å². The molecule has 1 fully saturated rings. The zero-order valence-corrected chi connectivity index (χ0v) is 8.41. The summed E-state index contributed by atoms with van der Waals surface area (Å²) in [5, 5.41) is 5.53. The van der Waals surface area contributed by atoms with E-state index in [1.54, 1.807) is 0 Å². The highest BCUT2D eigenvalue weighted by atomic mass is 19.3. The molecule has 0 aromatic rings. The SMILES string of the molecule is FC(F)C(F)(F)CNCCC1CCNC1. The lowest BCUT2D eigenvalue weighted by atomic mass is 10.1. The van der Waals surface area contributed by atoms with Gasteiger partial charge in [0.15, 0.2) is 0 Å². The molecule has 1 atom stereocenters. The summed E-state index contributed by atoms with van der Waals surface area (Å²) >= 11 is 0. The topological polar surface area (TPSA) is 24.1 Å². The fourth-order valence-electron chi connectivity index (χ4n) is 1.60. The Bertz CT molecular complexity index is 181. The lowest BCUT2D eigenvalue weighted by Crippen LogP contribution is -2.39. The lowest BCUT2D eigenvalue weighted by molar-refractivity contribution is -0.125. The van der Waals surface area contributed by atoms with Gasteiger partial charge in [0.1, 0.15) is 0 Å². The number of rotatable bonds is 6. The van der Waals surface area contributed by atoms with Crippen LogP contribution in [0.15, 0.2) is 0 Å². The molecule has 0 aromatic carbocycles. The Labute approximate surface area is 86.4 Å². The summed E-state index contributed by atoms with van der Waals surface area (Å²) < 4.78 is 48.3. The summed E-state index contributed by atoms with van der Waals surface area (Å²) in [4.78, 5) is 0. The molecule has 0 bridgehead atoms. The van der Waals surface area contributed by atoms with Gasteiger partial charge in [-0.1, -0.05) is 0 Å². The first-order chi connectivity index (χ1) is 7.02. The Morgan fingerprint density at radius 3 is 2.67 bits per heavy atom. The predicted molar refractivity (Wildman–Crippen MR) is 49.4 cm³/mol. The molecule has 0 aliphatic carbocycles. The van der Waals surface area contributed by atoms with Crippen molar-refractivity contribution in [3.63, 3.8) is 0 Å². The van der Waals surface area contributed by atoms with Crippen molar-refractivity contribution in [2.45, 2.75) is 25.2 Å². The van der Waals surface area contributed by atoms with Crippen LogP contribution < -0.4 is 10.6 Å². The van der Waals surface area contributed by atoms with Crippen LogP contribution in [-0.4, -0.2) is 38.5 Å². The zero-order chi connectivity index (χ0) is 11.3. The van der Waals surface area contributed by atoms with Crippen molar-refractivity contribution < 1.29 is 17.6 Å². The van der Waals surface area contributed by atoms with E-state index < -0.39 is 18.9 Å².